The van der Waals surface area contributed by atoms with Crippen LogP contribution in [-0.4, -0.2) is 68.5 Å². The number of phenolic OH excluding ortho intramolecular Hbond substituents is 3. The summed E-state index contributed by atoms with van der Waals surface area (Å²) in [6.07, 6.45) is -6.83. The zero-order valence-electron chi connectivity index (χ0n) is 17.5. The first-order chi connectivity index (χ1) is 15.6. The Morgan fingerprint density at radius 1 is 0.939 bits per heavy atom. The van der Waals surface area contributed by atoms with Crippen LogP contribution in [0.4, 0.5) is 0 Å². The van der Waals surface area contributed by atoms with E-state index in [2.05, 4.69) is 0 Å². The Bertz CT molecular complexity index is 1250. The van der Waals surface area contributed by atoms with Crippen LogP contribution in [0.3, 0.4) is 0 Å². The van der Waals surface area contributed by atoms with Gasteiger partial charge in [-0.2, -0.15) is 0 Å². The van der Waals surface area contributed by atoms with Crippen molar-refractivity contribution in [3.8, 4) is 40.1 Å². The zero-order valence-corrected chi connectivity index (χ0v) is 17.5. The predicted octanol–water partition coefficient (Wildman–Crippen LogP) is 0.792. The highest BCUT2D eigenvalue weighted by Gasteiger charge is 2.43. The van der Waals surface area contributed by atoms with Crippen LogP contribution in [0.1, 0.15) is 6.92 Å². The van der Waals surface area contributed by atoms with Gasteiger partial charge in [-0.3, -0.25) is 4.79 Å². The monoisotopic (exact) mass is 462 g/mol. The van der Waals surface area contributed by atoms with Gasteiger partial charge in [0, 0.05) is 17.7 Å². The molecule has 0 amide bonds. The fourth-order valence-electron chi connectivity index (χ4n) is 3.60. The van der Waals surface area contributed by atoms with Crippen LogP contribution in [0.2, 0.25) is 0 Å². The quantitative estimate of drug-likeness (QED) is 0.302. The van der Waals surface area contributed by atoms with Crippen molar-refractivity contribution >= 4 is 11.0 Å². The van der Waals surface area contributed by atoms with Crippen molar-refractivity contribution in [2.45, 2.75) is 37.6 Å². The largest absolute Gasteiger partial charge is 0.504 e. The molecular formula is C22H22O11. The molecule has 0 aliphatic carbocycles. The van der Waals surface area contributed by atoms with Gasteiger partial charge in [-0.05, 0) is 25.1 Å². The van der Waals surface area contributed by atoms with E-state index in [1.54, 1.807) is 0 Å². The number of hydrogen-bond acceptors (Lipinski definition) is 11. The maximum absolute atomic E-state index is 12.7. The van der Waals surface area contributed by atoms with Gasteiger partial charge in [0.2, 0.25) is 12.0 Å². The molecule has 1 aromatic heterocycles. The number of rotatable bonds is 4. The zero-order chi connectivity index (χ0) is 24.0. The van der Waals surface area contributed by atoms with Gasteiger partial charge in [0.05, 0.1) is 13.2 Å². The van der Waals surface area contributed by atoms with E-state index in [4.69, 9.17) is 18.6 Å². The Labute approximate surface area is 186 Å². The van der Waals surface area contributed by atoms with Crippen molar-refractivity contribution in [2.24, 2.45) is 0 Å². The molecule has 1 aliphatic rings. The van der Waals surface area contributed by atoms with E-state index < -0.39 is 47.6 Å². The molecule has 3 aromatic rings. The summed E-state index contributed by atoms with van der Waals surface area (Å²) >= 11 is 0. The van der Waals surface area contributed by atoms with Crippen LogP contribution in [0, 0.1) is 0 Å². The summed E-state index contributed by atoms with van der Waals surface area (Å²) in [7, 11) is 1.22. The van der Waals surface area contributed by atoms with Gasteiger partial charge in [-0.1, -0.05) is 0 Å². The lowest BCUT2D eigenvalue weighted by molar-refractivity contribution is -0.268. The first kappa shape index (κ1) is 22.7. The fraction of sp³-hybridized carbons (Fsp3) is 0.318. The Morgan fingerprint density at radius 3 is 2.33 bits per heavy atom. The summed E-state index contributed by atoms with van der Waals surface area (Å²) in [6, 6.07) is 6.16. The first-order valence-corrected chi connectivity index (χ1v) is 9.88. The van der Waals surface area contributed by atoms with Crippen molar-refractivity contribution in [1.29, 1.82) is 0 Å². The second-order valence-electron chi connectivity index (χ2n) is 7.61. The number of methoxy groups -OCH3 is 1. The van der Waals surface area contributed by atoms with E-state index in [9.17, 15) is 35.4 Å². The van der Waals surface area contributed by atoms with Gasteiger partial charge in [0.15, 0.2) is 28.4 Å². The smallest absolute Gasteiger partial charge is 0.229 e. The van der Waals surface area contributed by atoms with Crippen LogP contribution in [-0.2, 0) is 4.74 Å². The van der Waals surface area contributed by atoms with Crippen molar-refractivity contribution < 1.29 is 49.3 Å². The molecule has 1 aliphatic heterocycles. The van der Waals surface area contributed by atoms with Crippen molar-refractivity contribution in [1.82, 2.24) is 0 Å². The molecule has 0 saturated carbocycles. The van der Waals surface area contributed by atoms with Gasteiger partial charge in [-0.15, -0.1) is 0 Å². The normalized spacial score (nSPS) is 25.2. The van der Waals surface area contributed by atoms with E-state index in [0.717, 1.165) is 6.07 Å². The summed E-state index contributed by atoms with van der Waals surface area (Å²) in [6.45, 7) is 1.48. The number of fused-ring (bicyclic) bond motifs is 1. The SMILES string of the molecule is COc1c(O[C@H]2O[C@@H](C)[C@H](O)[C@@H](O)[C@H]2O)cc2oc(-c3ccc(O)c(O)c3)cc(=O)c2c1O. The van der Waals surface area contributed by atoms with Gasteiger partial charge in [-0.25, -0.2) is 0 Å². The first-order valence-electron chi connectivity index (χ1n) is 9.88. The van der Waals surface area contributed by atoms with Crippen LogP contribution >= 0.6 is 0 Å². The number of benzene rings is 2. The van der Waals surface area contributed by atoms with Crippen LogP contribution < -0.4 is 14.9 Å². The Morgan fingerprint density at radius 2 is 1.67 bits per heavy atom. The molecule has 6 N–H and O–H groups in total. The maximum atomic E-state index is 12.7. The average Bonchev–Trinajstić information content (AvgIpc) is 2.77. The second kappa shape index (κ2) is 8.45. The third-order valence-electron chi connectivity index (χ3n) is 5.43. The van der Waals surface area contributed by atoms with Gasteiger partial charge >= 0.3 is 0 Å². The third kappa shape index (κ3) is 3.91. The van der Waals surface area contributed by atoms with E-state index in [0.29, 0.717) is 0 Å². The summed E-state index contributed by atoms with van der Waals surface area (Å²) in [4.78, 5) is 12.7. The van der Waals surface area contributed by atoms with Gasteiger partial charge < -0.3 is 49.3 Å². The molecule has 0 bridgehead atoms. The minimum absolute atomic E-state index is 0.0273. The molecule has 11 nitrogen and oxygen atoms in total. The molecular weight excluding hydrogens is 440 g/mol. The summed E-state index contributed by atoms with van der Waals surface area (Å²) in [5.41, 5.74) is -0.460. The van der Waals surface area contributed by atoms with E-state index in [1.165, 1.54) is 38.3 Å². The highest BCUT2D eigenvalue weighted by molar-refractivity contribution is 5.89. The number of aromatic hydroxyl groups is 3. The molecule has 0 spiro atoms. The predicted molar refractivity (Wildman–Crippen MR) is 112 cm³/mol. The molecule has 11 heteroatoms. The van der Waals surface area contributed by atoms with Crippen molar-refractivity contribution in [3.63, 3.8) is 0 Å². The lowest BCUT2D eigenvalue weighted by Gasteiger charge is -2.39. The highest BCUT2D eigenvalue weighted by Crippen LogP contribution is 2.43. The molecule has 1 fully saturated rings. The molecule has 0 radical (unpaired) electrons. The van der Waals surface area contributed by atoms with Gasteiger partial charge in [0.25, 0.3) is 0 Å². The average molecular weight is 462 g/mol. The van der Waals surface area contributed by atoms with Crippen LogP contribution in [0.5, 0.6) is 28.7 Å². The summed E-state index contributed by atoms with van der Waals surface area (Å²) in [5.74, 6) is -1.75. The minimum atomic E-state index is -1.63. The third-order valence-corrected chi connectivity index (χ3v) is 5.43. The lowest BCUT2D eigenvalue weighted by Crippen LogP contribution is -2.58. The number of aliphatic hydroxyl groups excluding tert-OH is 3. The van der Waals surface area contributed by atoms with Gasteiger partial charge in [0.1, 0.15) is 35.0 Å². The minimum Gasteiger partial charge on any atom is -0.504 e. The summed E-state index contributed by atoms with van der Waals surface area (Å²) in [5, 5.41) is 59.8. The molecule has 0 unspecified atom stereocenters. The lowest BCUT2D eigenvalue weighted by atomic mass is 10.00. The molecule has 5 atom stereocenters. The van der Waals surface area contributed by atoms with E-state index >= 15 is 0 Å². The Hall–Kier alpha value is -3.51. The maximum Gasteiger partial charge on any atom is 0.229 e. The number of phenols is 3. The number of hydrogen-bond donors (Lipinski definition) is 6. The molecule has 176 valence electrons. The highest BCUT2D eigenvalue weighted by atomic mass is 16.7. The standard InChI is InChI=1S/C22H22O11/c1-8-17(26)19(28)20(29)22(31-8)33-15-7-14-16(18(27)21(15)30-2)12(25)6-13(32-14)9-3-4-10(23)11(24)5-9/h3-8,17,19-20,22-24,26-29H,1-2H3/t8-,17-,19+,20+,22+/m0/s1. The second-order valence-corrected chi connectivity index (χ2v) is 7.61. The topological polar surface area (TPSA) is 179 Å². The summed E-state index contributed by atoms with van der Waals surface area (Å²) < 4.78 is 21.9. The van der Waals surface area contributed by atoms with E-state index in [1.807, 2.05) is 0 Å². The number of ether oxygens (including phenoxy) is 3. The number of aliphatic hydroxyl groups is 3. The van der Waals surface area contributed by atoms with Crippen molar-refractivity contribution in [2.75, 3.05) is 7.11 Å². The Kier molecular flexibility index (Phi) is 5.80. The van der Waals surface area contributed by atoms with E-state index in [-0.39, 0.29) is 39.5 Å². The fourth-order valence-corrected chi connectivity index (χ4v) is 3.60. The molecule has 2 heterocycles. The Balaban J connectivity index is 1.81. The molecule has 33 heavy (non-hydrogen) atoms. The molecule has 4 rings (SSSR count). The van der Waals surface area contributed by atoms with Crippen LogP contribution in [0.25, 0.3) is 22.3 Å². The van der Waals surface area contributed by atoms with Crippen LogP contribution in [0.15, 0.2) is 39.5 Å². The molecule has 2 aromatic carbocycles. The van der Waals surface area contributed by atoms with Crippen molar-refractivity contribution in [3.05, 3.63) is 40.6 Å². The molecule has 1 saturated heterocycles.